The van der Waals surface area contributed by atoms with E-state index in [1.165, 1.54) is 0 Å². The molecule has 5 nitrogen and oxygen atoms in total. The highest BCUT2D eigenvalue weighted by atomic mass is 14.9. The molecule has 0 amide bonds. The van der Waals surface area contributed by atoms with Crippen molar-refractivity contribution in [1.29, 1.82) is 5.26 Å². The second kappa shape index (κ2) is 14.6. The first kappa shape index (κ1) is 31.8. The summed E-state index contributed by atoms with van der Waals surface area (Å²) in [5, 5.41) is 9.48. The van der Waals surface area contributed by atoms with E-state index in [2.05, 4.69) is 60.7 Å². The molecule has 0 unspecified atom stereocenters. The van der Waals surface area contributed by atoms with Crippen LogP contribution < -0.4 is 0 Å². The van der Waals surface area contributed by atoms with Crippen molar-refractivity contribution in [2.24, 2.45) is 0 Å². The Morgan fingerprint density at radius 2 is 0.800 bits per heavy atom. The highest BCUT2D eigenvalue weighted by molar-refractivity contribution is 5.88. The third kappa shape index (κ3) is 6.64. The fourth-order valence-corrected chi connectivity index (χ4v) is 5.91. The van der Waals surface area contributed by atoms with Crippen molar-refractivity contribution in [2.45, 2.75) is 13.8 Å². The molecule has 0 radical (unpaired) electrons. The van der Waals surface area contributed by atoms with Gasteiger partial charge in [0.05, 0.1) is 45.4 Å². The maximum absolute atomic E-state index is 9.48. The van der Waals surface area contributed by atoms with Crippen molar-refractivity contribution in [1.82, 2.24) is 19.9 Å². The Labute approximate surface area is 292 Å². The summed E-state index contributed by atoms with van der Waals surface area (Å²) in [6.07, 6.45) is 0. The molecule has 8 aromatic rings. The molecule has 2 heterocycles. The first-order valence-electron chi connectivity index (χ1n) is 16.7. The lowest BCUT2D eigenvalue weighted by atomic mass is 9.97. The van der Waals surface area contributed by atoms with E-state index in [4.69, 9.17) is 19.9 Å². The molecule has 238 valence electrons. The minimum Gasteiger partial charge on any atom is -0.244 e. The first-order chi connectivity index (χ1) is 24.7. The quantitative estimate of drug-likeness (QED) is 0.180. The lowest BCUT2D eigenvalue weighted by Crippen LogP contribution is -1.98. The molecule has 0 atom stereocenters. The van der Waals surface area contributed by atoms with Gasteiger partial charge in [0.25, 0.3) is 0 Å². The Hall–Kier alpha value is -6.77. The van der Waals surface area contributed by atoms with E-state index < -0.39 is 0 Å². The third-order valence-electron chi connectivity index (χ3n) is 8.29. The van der Waals surface area contributed by atoms with Crippen LogP contribution >= 0.6 is 0 Å². The minimum atomic E-state index is 0.620. The minimum absolute atomic E-state index is 0.620. The molecule has 0 aliphatic carbocycles. The van der Waals surface area contributed by atoms with E-state index in [1.54, 1.807) is 0 Å². The smallest absolute Gasteiger partial charge is 0.160 e. The van der Waals surface area contributed by atoms with Crippen LogP contribution in [0.15, 0.2) is 164 Å². The van der Waals surface area contributed by atoms with Gasteiger partial charge in [-0.1, -0.05) is 135 Å². The van der Waals surface area contributed by atoms with Crippen LogP contribution in [0, 0.1) is 11.3 Å². The van der Waals surface area contributed by atoms with Crippen molar-refractivity contribution in [2.75, 3.05) is 0 Å². The summed E-state index contributed by atoms with van der Waals surface area (Å²) in [6, 6.07) is 56.7. The summed E-state index contributed by atoms with van der Waals surface area (Å²) >= 11 is 0. The number of hydrogen-bond acceptors (Lipinski definition) is 5. The molecular formula is C45H33N5. The standard InChI is InChI=1S/C43H27N5.C2H6/c44-28-29-12-9-17-32(24-29)33-18-10-19-34(25-33)41-42(46-38-23-8-7-22-37(38)45-41)35-20-11-21-36(26-35)43-47-39(30-13-3-1-4-14-30)27-40(48-43)31-15-5-2-6-16-31;1-2/h1-27H;1-2H3. The van der Waals surface area contributed by atoms with Crippen LogP contribution in [0.2, 0.25) is 0 Å². The number of nitriles is 1. The number of aromatic nitrogens is 4. The molecule has 2 aromatic heterocycles. The molecule has 0 saturated heterocycles. The Bertz CT molecular complexity index is 2410. The van der Waals surface area contributed by atoms with Gasteiger partial charge in [-0.15, -0.1) is 0 Å². The monoisotopic (exact) mass is 643 g/mol. The van der Waals surface area contributed by atoms with E-state index in [-0.39, 0.29) is 0 Å². The Morgan fingerprint density at radius 3 is 1.34 bits per heavy atom. The van der Waals surface area contributed by atoms with Crippen LogP contribution in [0.1, 0.15) is 19.4 Å². The molecule has 0 spiro atoms. The average Bonchev–Trinajstić information content (AvgIpc) is 3.21. The molecule has 50 heavy (non-hydrogen) atoms. The summed E-state index contributed by atoms with van der Waals surface area (Å²) in [5.41, 5.74) is 12.2. The zero-order valence-corrected chi connectivity index (χ0v) is 27.8. The molecule has 0 bridgehead atoms. The van der Waals surface area contributed by atoms with Crippen molar-refractivity contribution in [3.8, 4) is 73.6 Å². The molecule has 0 aliphatic heterocycles. The summed E-state index contributed by atoms with van der Waals surface area (Å²) in [6.45, 7) is 4.00. The van der Waals surface area contributed by atoms with Gasteiger partial charge >= 0.3 is 0 Å². The molecule has 8 rings (SSSR count). The predicted molar refractivity (Wildman–Crippen MR) is 204 cm³/mol. The fraction of sp³-hybridized carbons (Fsp3) is 0.0444. The third-order valence-corrected chi connectivity index (χ3v) is 8.29. The molecule has 0 saturated carbocycles. The van der Waals surface area contributed by atoms with Gasteiger partial charge in [0.15, 0.2) is 5.82 Å². The van der Waals surface area contributed by atoms with E-state index >= 15 is 0 Å². The first-order valence-corrected chi connectivity index (χ1v) is 16.7. The van der Waals surface area contributed by atoms with E-state index in [0.29, 0.717) is 11.4 Å². The van der Waals surface area contributed by atoms with Crippen LogP contribution in [0.4, 0.5) is 0 Å². The maximum Gasteiger partial charge on any atom is 0.160 e. The summed E-state index contributed by atoms with van der Waals surface area (Å²) in [5.74, 6) is 0.631. The van der Waals surface area contributed by atoms with Gasteiger partial charge in [-0.3, -0.25) is 0 Å². The number of hydrogen-bond donors (Lipinski definition) is 0. The Kier molecular flexibility index (Phi) is 9.26. The zero-order chi connectivity index (χ0) is 34.3. The van der Waals surface area contributed by atoms with Crippen LogP contribution in [-0.2, 0) is 0 Å². The van der Waals surface area contributed by atoms with Crippen LogP contribution in [0.25, 0.3) is 78.6 Å². The van der Waals surface area contributed by atoms with E-state index in [9.17, 15) is 5.26 Å². The molecule has 0 N–H and O–H groups in total. The van der Waals surface area contributed by atoms with Crippen molar-refractivity contribution in [3.05, 3.63) is 169 Å². The SMILES string of the molecule is CC.N#Cc1cccc(-c2cccc(-c3nc4ccccc4nc3-c3cccc(-c4nc(-c5ccccc5)cc(-c5ccccc5)n4)c3)c2)c1. The highest BCUT2D eigenvalue weighted by Gasteiger charge is 2.17. The van der Waals surface area contributed by atoms with E-state index in [0.717, 1.165) is 72.8 Å². The summed E-state index contributed by atoms with van der Waals surface area (Å²) in [4.78, 5) is 20.4. The highest BCUT2D eigenvalue weighted by Crippen LogP contribution is 2.35. The Morgan fingerprint density at radius 1 is 0.380 bits per heavy atom. The van der Waals surface area contributed by atoms with Crippen LogP contribution in [0.5, 0.6) is 0 Å². The van der Waals surface area contributed by atoms with Gasteiger partial charge in [0, 0.05) is 27.8 Å². The van der Waals surface area contributed by atoms with Gasteiger partial charge in [-0.25, -0.2) is 19.9 Å². The van der Waals surface area contributed by atoms with Gasteiger partial charge < -0.3 is 0 Å². The largest absolute Gasteiger partial charge is 0.244 e. The molecule has 0 aliphatic rings. The normalized spacial score (nSPS) is 10.6. The van der Waals surface area contributed by atoms with Gasteiger partial charge in [-0.05, 0) is 53.6 Å². The van der Waals surface area contributed by atoms with Gasteiger partial charge in [-0.2, -0.15) is 5.26 Å². The molecule has 6 aromatic carbocycles. The van der Waals surface area contributed by atoms with Crippen molar-refractivity contribution < 1.29 is 0 Å². The number of rotatable bonds is 6. The topological polar surface area (TPSA) is 75.3 Å². The molecular weight excluding hydrogens is 611 g/mol. The number of benzene rings is 6. The van der Waals surface area contributed by atoms with Crippen molar-refractivity contribution >= 4 is 11.0 Å². The zero-order valence-electron chi connectivity index (χ0n) is 27.8. The summed E-state index contributed by atoms with van der Waals surface area (Å²) < 4.78 is 0. The van der Waals surface area contributed by atoms with Crippen molar-refractivity contribution in [3.63, 3.8) is 0 Å². The molecule has 0 fully saturated rings. The number of para-hydroxylation sites is 2. The lowest BCUT2D eigenvalue weighted by Gasteiger charge is -2.13. The van der Waals surface area contributed by atoms with Gasteiger partial charge in [0.1, 0.15) is 0 Å². The Balaban J connectivity index is 0.00000193. The maximum atomic E-state index is 9.48. The second-order valence-electron chi connectivity index (χ2n) is 11.5. The average molecular weight is 644 g/mol. The van der Waals surface area contributed by atoms with Gasteiger partial charge in [0.2, 0.25) is 0 Å². The predicted octanol–water partition coefficient (Wildman–Crippen LogP) is 11.3. The summed E-state index contributed by atoms with van der Waals surface area (Å²) in [7, 11) is 0. The number of fused-ring (bicyclic) bond motifs is 1. The second-order valence-corrected chi connectivity index (χ2v) is 11.5. The fourth-order valence-electron chi connectivity index (χ4n) is 5.91. The van der Waals surface area contributed by atoms with Crippen LogP contribution in [0.3, 0.4) is 0 Å². The molecule has 5 heteroatoms. The lowest BCUT2D eigenvalue weighted by molar-refractivity contribution is 1.18. The van der Waals surface area contributed by atoms with Crippen LogP contribution in [-0.4, -0.2) is 19.9 Å². The number of nitrogens with zero attached hydrogens (tertiary/aromatic N) is 5. The van der Waals surface area contributed by atoms with E-state index in [1.807, 2.05) is 123 Å².